The maximum absolute atomic E-state index is 12.1. The van der Waals surface area contributed by atoms with Gasteiger partial charge in [0.2, 0.25) is 0 Å². The minimum Gasteiger partial charge on any atom is -0.489 e. The average Bonchev–Trinajstić information content (AvgIpc) is 3.07. The van der Waals surface area contributed by atoms with Gasteiger partial charge >= 0.3 is 0 Å². The number of hydrogen-bond acceptors (Lipinski definition) is 4. The zero-order valence-electron chi connectivity index (χ0n) is 14.1. The van der Waals surface area contributed by atoms with E-state index in [1.165, 1.54) is 6.21 Å². The molecule has 0 radical (unpaired) electrons. The van der Waals surface area contributed by atoms with Crippen molar-refractivity contribution in [2.24, 2.45) is 5.10 Å². The van der Waals surface area contributed by atoms with E-state index in [0.717, 1.165) is 17.1 Å². The lowest BCUT2D eigenvalue weighted by Gasteiger charge is -2.07. The summed E-state index contributed by atoms with van der Waals surface area (Å²) in [5, 5.41) is 4.55. The molecular formula is C20H17ClN2O3. The van der Waals surface area contributed by atoms with Gasteiger partial charge in [0.25, 0.3) is 5.91 Å². The quantitative estimate of drug-likeness (QED) is 0.511. The Kier molecular flexibility index (Phi) is 5.71. The van der Waals surface area contributed by atoms with Gasteiger partial charge in [0.15, 0.2) is 0 Å². The zero-order chi connectivity index (χ0) is 18.4. The number of hydrazone groups is 1. The van der Waals surface area contributed by atoms with Crippen LogP contribution in [0.25, 0.3) is 0 Å². The SMILES string of the molecule is Cc1ccc(/C=N\NC(=O)c2ccc(COc3ccc(Cl)cc3)cc2)o1. The van der Waals surface area contributed by atoms with E-state index >= 15 is 0 Å². The predicted molar refractivity (Wildman–Crippen MR) is 101 cm³/mol. The lowest BCUT2D eigenvalue weighted by atomic mass is 10.1. The molecule has 1 heterocycles. The summed E-state index contributed by atoms with van der Waals surface area (Å²) < 4.78 is 11.0. The summed E-state index contributed by atoms with van der Waals surface area (Å²) in [6.45, 7) is 2.24. The summed E-state index contributed by atoms with van der Waals surface area (Å²) >= 11 is 5.84. The fourth-order valence-corrected chi connectivity index (χ4v) is 2.32. The number of carbonyl (C=O) groups excluding carboxylic acids is 1. The van der Waals surface area contributed by atoms with Crippen molar-refractivity contribution >= 4 is 23.7 Å². The van der Waals surface area contributed by atoms with Crippen LogP contribution in [0.2, 0.25) is 5.02 Å². The Morgan fingerprint density at radius 1 is 1.12 bits per heavy atom. The summed E-state index contributed by atoms with van der Waals surface area (Å²) in [6.07, 6.45) is 1.46. The number of rotatable bonds is 6. The fourth-order valence-electron chi connectivity index (χ4n) is 2.19. The first-order chi connectivity index (χ1) is 12.6. The summed E-state index contributed by atoms with van der Waals surface area (Å²) in [6, 6.07) is 17.9. The molecular weight excluding hydrogens is 352 g/mol. The molecule has 3 aromatic rings. The van der Waals surface area contributed by atoms with Gasteiger partial charge in [-0.05, 0) is 61.0 Å². The molecule has 2 aromatic carbocycles. The molecule has 0 bridgehead atoms. The molecule has 0 saturated heterocycles. The molecule has 0 aliphatic heterocycles. The number of nitrogens with zero attached hydrogens (tertiary/aromatic N) is 1. The maximum atomic E-state index is 12.1. The molecule has 5 nitrogen and oxygen atoms in total. The van der Waals surface area contributed by atoms with Crippen LogP contribution in [0.5, 0.6) is 5.75 Å². The Morgan fingerprint density at radius 3 is 2.50 bits per heavy atom. The van der Waals surface area contributed by atoms with Crippen molar-refractivity contribution in [3.63, 3.8) is 0 Å². The lowest BCUT2D eigenvalue weighted by molar-refractivity contribution is 0.0955. The molecule has 0 fully saturated rings. The van der Waals surface area contributed by atoms with Crippen molar-refractivity contribution in [3.05, 3.63) is 88.3 Å². The molecule has 1 amide bonds. The van der Waals surface area contributed by atoms with E-state index in [9.17, 15) is 4.79 Å². The number of halogens is 1. The number of aryl methyl sites for hydroxylation is 1. The fraction of sp³-hybridized carbons (Fsp3) is 0.100. The standard InChI is InChI=1S/C20H17ClN2O3/c1-14-2-9-19(26-14)12-22-23-20(24)16-5-3-15(4-6-16)13-25-18-10-7-17(21)8-11-18/h2-12H,13H2,1H3,(H,23,24)/b22-12-. The number of ether oxygens (including phenoxy) is 1. The molecule has 1 N–H and O–H groups in total. The van der Waals surface area contributed by atoms with E-state index in [0.29, 0.717) is 23.0 Å². The van der Waals surface area contributed by atoms with Crippen LogP contribution >= 0.6 is 11.6 Å². The van der Waals surface area contributed by atoms with Crippen molar-refractivity contribution < 1.29 is 13.9 Å². The van der Waals surface area contributed by atoms with Crippen LogP contribution in [-0.2, 0) is 6.61 Å². The monoisotopic (exact) mass is 368 g/mol. The highest BCUT2D eigenvalue weighted by Crippen LogP contribution is 2.17. The smallest absolute Gasteiger partial charge is 0.271 e. The van der Waals surface area contributed by atoms with Crippen LogP contribution in [0.3, 0.4) is 0 Å². The van der Waals surface area contributed by atoms with Crippen LogP contribution in [-0.4, -0.2) is 12.1 Å². The van der Waals surface area contributed by atoms with Gasteiger partial charge in [0.05, 0.1) is 6.21 Å². The average molecular weight is 369 g/mol. The Labute approximate surface area is 156 Å². The molecule has 132 valence electrons. The van der Waals surface area contributed by atoms with E-state index in [1.54, 1.807) is 30.3 Å². The highest BCUT2D eigenvalue weighted by atomic mass is 35.5. The summed E-state index contributed by atoms with van der Waals surface area (Å²) in [5.41, 5.74) is 3.92. The number of nitrogens with one attached hydrogen (secondary N) is 1. The number of benzene rings is 2. The van der Waals surface area contributed by atoms with Crippen molar-refractivity contribution in [2.75, 3.05) is 0 Å². The molecule has 1 aromatic heterocycles. The first-order valence-electron chi connectivity index (χ1n) is 7.97. The van der Waals surface area contributed by atoms with E-state index in [4.69, 9.17) is 20.8 Å². The Bertz CT molecular complexity index is 900. The van der Waals surface area contributed by atoms with Crippen molar-refractivity contribution in [1.82, 2.24) is 5.43 Å². The van der Waals surface area contributed by atoms with Gasteiger partial charge in [-0.3, -0.25) is 4.79 Å². The van der Waals surface area contributed by atoms with Gasteiger partial charge in [0.1, 0.15) is 23.9 Å². The largest absolute Gasteiger partial charge is 0.489 e. The first-order valence-corrected chi connectivity index (χ1v) is 8.35. The highest BCUT2D eigenvalue weighted by molar-refractivity contribution is 6.30. The summed E-state index contributed by atoms with van der Waals surface area (Å²) in [4.78, 5) is 12.1. The van der Waals surface area contributed by atoms with Gasteiger partial charge in [0, 0.05) is 10.6 Å². The van der Waals surface area contributed by atoms with Crippen molar-refractivity contribution in [2.45, 2.75) is 13.5 Å². The third kappa shape index (κ3) is 4.97. The van der Waals surface area contributed by atoms with Gasteiger partial charge in [-0.1, -0.05) is 23.7 Å². The third-order valence-electron chi connectivity index (χ3n) is 3.55. The summed E-state index contributed by atoms with van der Waals surface area (Å²) in [5.74, 6) is 1.81. The lowest BCUT2D eigenvalue weighted by Crippen LogP contribution is -2.17. The van der Waals surface area contributed by atoms with Crippen LogP contribution < -0.4 is 10.2 Å². The Hall–Kier alpha value is -3.05. The second kappa shape index (κ2) is 8.36. The molecule has 0 spiro atoms. The van der Waals surface area contributed by atoms with Crippen LogP contribution in [0.15, 0.2) is 70.2 Å². The molecule has 0 unspecified atom stereocenters. The topological polar surface area (TPSA) is 63.8 Å². The van der Waals surface area contributed by atoms with E-state index < -0.39 is 0 Å². The van der Waals surface area contributed by atoms with Gasteiger partial charge in [-0.2, -0.15) is 5.10 Å². The van der Waals surface area contributed by atoms with E-state index in [2.05, 4.69) is 10.5 Å². The zero-order valence-corrected chi connectivity index (χ0v) is 14.9. The van der Waals surface area contributed by atoms with Gasteiger partial charge < -0.3 is 9.15 Å². The molecule has 3 rings (SSSR count). The van der Waals surface area contributed by atoms with Gasteiger partial charge in [-0.15, -0.1) is 0 Å². The van der Waals surface area contributed by atoms with E-state index in [-0.39, 0.29) is 5.91 Å². The van der Waals surface area contributed by atoms with Crippen molar-refractivity contribution in [1.29, 1.82) is 0 Å². The molecule has 0 saturated carbocycles. The second-order valence-electron chi connectivity index (χ2n) is 5.59. The second-order valence-corrected chi connectivity index (χ2v) is 6.02. The number of amides is 1. The van der Waals surface area contributed by atoms with Crippen LogP contribution in [0, 0.1) is 6.92 Å². The molecule has 26 heavy (non-hydrogen) atoms. The number of carbonyl (C=O) groups is 1. The molecule has 0 aliphatic rings. The molecule has 0 aliphatic carbocycles. The first kappa shape index (κ1) is 17.8. The van der Waals surface area contributed by atoms with Gasteiger partial charge in [-0.25, -0.2) is 5.43 Å². The third-order valence-corrected chi connectivity index (χ3v) is 3.81. The number of hydrogen-bond donors (Lipinski definition) is 1. The van der Waals surface area contributed by atoms with Crippen LogP contribution in [0.4, 0.5) is 0 Å². The normalized spacial score (nSPS) is 10.8. The minimum atomic E-state index is -0.297. The minimum absolute atomic E-state index is 0.297. The highest BCUT2D eigenvalue weighted by Gasteiger charge is 2.05. The van der Waals surface area contributed by atoms with E-state index in [1.807, 2.05) is 37.3 Å². The summed E-state index contributed by atoms with van der Waals surface area (Å²) in [7, 11) is 0. The van der Waals surface area contributed by atoms with Crippen molar-refractivity contribution in [3.8, 4) is 5.75 Å². The Morgan fingerprint density at radius 2 is 1.85 bits per heavy atom. The maximum Gasteiger partial charge on any atom is 0.271 e. The van der Waals surface area contributed by atoms with Crippen LogP contribution in [0.1, 0.15) is 27.4 Å². The predicted octanol–water partition coefficient (Wildman–Crippen LogP) is 4.58. The molecule has 6 heteroatoms. The molecule has 0 atom stereocenters. The Balaban J connectivity index is 1.52. The number of furan rings is 1.